The molecule has 27 heavy (non-hydrogen) atoms. The van der Waals surface area contributed by atoms with Gasteiger partial charge in [-0.1, -0.05) is 18.2 Å². The fourth-order valence-corrected chi connectivity index (χ4v) is 2.91. The van der Waals surface area contributed by atoms with Crippen LogP contribution >= 0.6 is 0 Å². The van der Waals surface area contributed by atoms with Crippen molar-refractivity contribution in [3.05, 3.63) is 84.7 Å². The number of aryl methyl sites for hydroxylation is 2. The molecule has 0 saturated heterocycles. The molecule has 0 bridgehead atoms. The largest absolute Gasteiger partial charge is 0.457 e. The van der Waals surface area contributed by atoms with E-state index in [2.05, 4.69) is 0 Å². The van der Waals surface area contributed by atoms with Crippen LogP contribution in [0.4, 0.5) is 5.69 Å². The van der Waals surface area contributed by atoms with Crippen LogP contribution in [0.2, 0.25) is 0 Å². The van der Waals surface area contributed by atoms with Gasteiger partial charge in [-0.15, -0.1) is 0 Å². The number of fused-ring (bicyclic) bond motifs is 1. The van der Waals surface area contributed by atoms with Gasteiger partial charge in [0.25, 0.3) is 5.69 Å². The molecule has 0 aliphatic heterocycles. The second kappa shape index (κ2) is 7.03. The lowest BCUT2D eigenvalue weighted by molar-refractivity contribution is -0.385. The van der Waals surface area contributed by atoms with E-state index in [1.807, 2.05) is 26.0 Å². The number of hydrogen-bond acceptors (Lipinski definition) is 6. The molecular weight excluding hydrogens is 350 g/mol. The number of nitro benzene ring substituents is 1. The second-order valence-corrected chi connectivity index (χ2v) is 6.26. The summed E-state index contributed by atoms with van der Waals surface area (Å²) in [5.74, 6) is -0.693. The molecule has 3 rings (SSSR count). The molecule has 7 heteroatoms. The first-order chi connectivity index (χ1) is 12.8. The minimum absolute atomic E-state index is 0.114. The third-order valence-electron chi connectivity index (χ3n) is 4.60. The highest BCUT2D eigenvalue weighted by Gasteiger charge is 2.19. The summed E-state index contributed by atoms with van der Waals surface area (Å²) >= 11 is 0. The van der Waals surface area contributed by atoms with Crippen LogP contribution in [0.1, 0.15) is 32.6 Å². The fourth-order valence-electron chi connectivity index (χ4n) is 2.91. The molecular formula is C20H17NO6. The van der Waals surface area contributed by atoms with Crippen molar-refractivity contribution in [3.8, 4) is 0 Å². The van der Waals surface area contributed by atoms with Crippen LogP contribution in [-0.4, -0.2) is 10.9 Å². The molecule has 0 radical (unpaired) electrons. The highest BCUT2D eigenvalue weighted by molar-refractivity contribution is 5.92. The van der Waals surface area contributed by atoms with Crippen LogP contribution < -0.4 is 5.63 Å². The van der Waals surface area contributed by atoms with E-state index in [4.69, 9.17) is 9.15 Å². The number of carbonyl (C=O) groups is 1. The van der Waals surface area contributed by atoms with E-state index >= 15 is 0 Å². The lowest BCUT2D eigenvalue weighted by atomic mass is 10.0. The Morgan fingerprint density at radius 2 is 1.89 bits per heavy atom. The van der Waals surface area contributed by atoms with E-state index in [1.165, 1.54) is 31.2 Å². The summed E-state index contributed by atoms with van der Waals surface area (Å²) in [5, 5.41) is 11.7. The van der Waals surface area contributed by atoms with Crippen molar-refractivity contribution in [1.82, 2.24) is 0 Å². The van der Waals surface area contributed by atoms with Crippen LogP contribution in [0.5, 0.6) is 0 Å². The molecule has 0 atom stereocenters. The van der Waals surface area contributed by atoms with Crippen molar-refractivity contribution < 1.29 is 18.9 Å². The van der Waals surface area contributed by atoms with Crippen LogP contribution in [0.15, 0.2) is 45.6 Å². The number of rotatable bonds is 4. The van der Waals surface area contributed by atoms with Gasteiger partial charge in [0.05, 0.1) is 10.5 Å². The zero-order valence-electron chi connectivity index (χ0n) is 15.1. The first-order valence-corrected chi connectivity index (χ1v) is 8.23. The Morgan fingerprint density at radius 3 is 2.59 bits per heavy atom. The van der Waals surface area contributed by atoms with E-state index in [0.717, 1.165) is 11.1 Å². The molecule has 0 saturated carbocycles. The van der Waals surface area contributed by atoms with Gasteiger partial charge < -0.3 is 9.15 Å². The van der Waals surface area contributed by atoms with Crippen molar-refractivity contribution >= 4 is 22.6 Å². The van der Waals surface area contributed by atoms with Crippen LogP contribution in [0.3, 0.4) is 0 Å². The van der Waals surface area contributed by atoms with Crippen molar-refractivity contribution in [1.29, 1.82) is 0 Å². The number of carbonyl (C=O) groups excluding carboxylic acids is 1. The van der Waals surface area contributed by atoms with Crippen molar-refractivity contribution in [2.75, 3.05) is 0 Å². The SMILES string of the molecule is Cc1ccc2c(COC(=O)c3cccc([N+](=O)[O-])c3C)cc(=O)oc2c1C. The molecule has 0 aliphatic carbocycles. The molecule has 3 aromatic rings. The Bertz CT molecular complexity index is 1130. The quantitative estimate of drug-likeness (QED) is 0.299. The fraction of sp³-hybridized carbons (Fsp3) is 0.200. The van der Waals surface area contributed by atoms with E-state index in [-0.39, 0.29) is 23.4 Å². The molecule has 0 N–H and O–H groups in total. The minimum Gasteiger partial charge on any atom is -0.457 e. The molecule has 0 fully saturated rings. The van der Waals surface area contributed by atoms with Gasteiger partial charge in [-0.05, 0) is 38.0 Å². The molecule has 0 amide bonds. The van der Waals surface area contributed by atoms with E-state index in [9.17, 15) is 19.7 Å². The van der Waals surface area contributed by atoms with Gasteiger partial charge in [0.2, 0.25) is 0 Å². The summed E-state index contributed by atoms with van der Waals surface area (Å²) in [6.45, 7) is 5.11. The number of nitro groups is 1. The normalized spacial score (nSPS) is 10.8. The van der Waals surface area contributed by atoms with Crippen LogP contribution in [0.25, 0.3) is 11.0 Å². The summed E-state index contributed by atoms with van der Waals surface area (Å²) < 4.78 is 10.6. The summed E-state index contributed by atoms with van der Waals surface area (Å²) in [7, 11) is 0. The first kappa shape index (κ1) is 18.3. The summed E-state index contributed by atoms with van der Waals surface area (Å²) in [4.78, 5) is 34.8. The Balaban J connectivity index is 1.93. The number of esters is 1. The molecule has 7 nitrogen and oxygen atoms in total. The Kier molecular flexibility index (Phi) is 4.77. The van der Waals surface area contributed by atoms with Gasteiger partial charge >= 0.3 is 11.6 Å². The van der Waals surface area contributed by atoms with E-state index in [0.29, 0.717) is 16.5 Å². The van der Waals surface area contributed by atoms with Gasteiger partial charge in [0.1, 0.15) is 12.2 Å². The molecule has 138 valence electrons. The zero-order valence-corrected chi connectivity index (χ0v) is 15.1. The maximum Gasteiger partial charge on any atom is 0.338 e. The number of hydrogen-bond donors (Lipinski definition) is 0. The van der Waals surface area contributed by atoms with Crippen LogP contribution in [-0.2, 0) is 11.3 Å². The lowest BCUT2D eigenvalue weighted by Gasteiger charge is -2.10. The Hall–Kier alpha value is -3.48. The maximum atomic E-state index is 12.4. The average Bonchev–Trinajstić information content (AvgIpc) is 2.62. The number of nitrogens with zero attached hydrogens (tertiary/aromatic N) is 1. The van der Waals surface area contributed by atoms with Gasteiger partial charge in [0.15, 0.2) is 0 Å². The van der Waals surface area contributed by atoms with Gasteiger partial charge in [-0.3, -0.25) is 10.1 Å². The monoisotopic (exact) mass is 367 g/mol. The molecule has 1 aromatic heterocycles. The van der Waals surface area contributed by atoms with Gasteiger partial charge in [-0.25, -0.2) is 9.59 Å². The van der Waals surface area contributed by atoms with Crippen LogP contribution in [0, 0.1) is 30.9 Å². The predicted molar refractivity (Wildman–Crippen MR) is 98.9 cm³/mol. The smallest absolute Gasteiger partial charge is 0.338 e. The molecule has 1 heterocycles. The maximum absolute atomic E-state index is 12.4. The minimum atomic E-state index is -0.693. The van der Waals surface area contributed by atoms with Crippen molar-refractivity contribution in [2.45, 2.75) is 27.4 Å². The third-order valence-corrected chi connectivity index (χ3v) is 4.60. The molecule has 0 aliphatic rings. The van der Waals surface area contributed by atoms with E-state index < -0.39 is 16.5 Å². The van der Waals surface area contributed by atoms with Gasteiger partial charge in [-0.2, -0.15) is 0 Å². The van der Waals surface area contributed by atoms with E-state index in [1.54, 1.807) is 0 Å². The van der Waals surface area contributed by atoms with Crippen molar-refractivity contribution in [3.63, 3.8) is 0 Å². The molecule has 0 spiro atoms. The third kappa shape index (κ3) is 3.44. The average molecular weight is 367 g/mol. The summed E-state index contributed by atoms with van der Waals surface area (Å²) in [5.41, 5.74) is 2.45. The zero-order chi connectivity index (χ0) is 19.7. The summed E-state index contributed by atoms with van der Waals surface area (Å²) in [6.07, 6.45) is 0. The predicted octanol–water partition coefficient (Wildman–Crippen LogP) is 3.98. The number of ether oxygens (including phenoxy) is 1. The first-order valence-electron chi connectivity index (χ1n) is 8.23. The second-order valence-electron chi connectivity index (χ2n) is 6.26. The lowest BCUT2D eigenvalue weighted by Crippen LogP contribution is -2.10. The molecule has 2 aromatic carbocycles. The Morgan fingerprint density at radius 1 is 1.15 bits per heavy atom. The standard InChI is InChI=1S/C20H17NO6/c1-11-7-8-16-14(9-18(22)27-19(16)12(11)2)10-26-20(23)15-5-4-6-17(13(15)3)21(24)25/h4-9H,10H2,1-3H3. The number of benzene rings is 2. The molecule has 0 unspecified atom stereocenters. The van der Waals surface area contributed by atoms with Gasteiger partial charge in [0, 0.05) is 28.6 Å². The topological polar surface area (TPSA) is 99.6 Å². The Labute approximate surface area is 154 Å². The van der Waals surface area contributed by atoms with Crippen molar-refractivity contribution in [2.24, 2.45) is 0 Å². The highest BCUT2D eigenvalue weighted by atomic mass is 16.6. The summed E-state index contributed by atoms with van der Waals surface area (Å²) in [6, 6.07) is 9.21. The highest BCUT2D eigenvalue weighted by Crippen LogP contribution is 2.25.